The van der Waals surface area contributed by atoms with Gasteiger partial charge < -0.3 is 14.4 Å². The number of carbonyl (C=O) groups is 2. The molecule has 6 nitrogen and oxygen atoms in total. The van der Waals surface area contributed by atoms with Gasteiger partial charge in [-0.15, -0.1) is 0 Å². The summed E-state index contributed by atoms with van der Waals surface area (Å²) >= 11 is 0. The van der Waals surface area contributed by atoms with Crippen molar-refractivity contribution in [2.75, 3.05) is 33.3 Å². The number of hydrogen-bond donors (Lipinski definition) is 0. The van der Waals surface area contributed by atoms with Crippen LogP contribution in [0, 0.1) is 0 Å². The molecular formula is C14H24N2O4. The zero-order valence-corrected chi connectivity index (χ0v) is 12.5. The summed E-state index contributed by atoms with van der Waals surface area (Å²) in [7, 11) is 1.39. The molecule has 0 saturated carbocycles. The zero-order chi connectivity index (χ0) is 14.7. The molecule has 3 unspecified atom stereocenters. The Kier molecular flexibility index (Phi) is 4.99. The molecule has 0 aliphatic carbocycles. The van der Waals surface area contributed by atoms with Crippen LogP contribution >= 0.6 is 0 Å². The molecule has 0 radical (unpaired) electrons. The van der Waals surface area contributed by atoms with E-state index in [0.29, 0.717) is 19.6 Å². The minimum absolute atomic E-state index is 0.0673. The van der Waals surface area contributed by atoms with Gasteiger partial charge >= 0.3 is 5.97 Å². The second-order valence-corrected chi connectivity index (χ2v) is 5.71. The number of esters is 1. The van der Waals surface area contributed by atoms with Gasteiger partial charge in [-0.1, -0.05) is 0 Å². The average molecular weight is 284 g/mol. The van der Waals surface area contributed by atoms with E-state index in [9.17, 15) is 9.59 Å². The number of amides is 1. The van der Waals surface area contributed by atoms with Crippen LogP contribution in [-0.2, 0) is 19.1 Å². The van der Waals surface area contributed by atoms with Gasteiger partial charge in [-0.25, -0.2) is 0 Å². The Morgan fingerprint density at radius 1 is 1.25 bits per heavy atom. The number of likely N-dealkylation sites (tertiary alicyclic amines) is 1. The summed E-state index contributed by atoms with van der Waals surface area (Å²) in [6, 6.07) is -0.264. The molecule has 0 aromatic heterocycles. The van der Waals surface area contributed by atoms with Gasteiger partial charge in [0.15, 0.2) is 0 Å². The Labute approximate surface area is 120 Å². The standard InChI is InChI=1S/C14H24N2O4/c1-10-7-16(8-11(2)20-10)13(17)9-15-6-4-5-12(15)14(18)19-3/h10-12H,4-9H2,1-3H3. The van der Waals surface area contributed by atoms with Crippen molar-refractivity contribution in [3.8, 4) is 0 Å². The molecule has 2 fully saturated rings. The number of methoxy groups -OCH3 is 1. The van der Waals surface area contributed by atoms with Crippen LogP contribution in [-0.4, -0.2) is 73.2 Å². The van der Waals surface area contributed by atoms with E-state index in [1.54, 1.807) is 0 Å². The van der Waals surface area contributed by atoms with Crippen molar-refractivity contribution in [2.24, 2.45) is 0 Å². The van der Waals surface area contributed by atoms with Crippen molar-refractivity contribution in [1.29, 1.82) is 0 Å². The first-order valence-corrected chi connectivity index (χ1v) is 7.26. The van der Waals surface area contributed by atoms with Crippen molar-refractivity contribution in [1.82, 2.24) is 9.80 Å². The number of hydrogen-bond acceptors (Lipinski definition) is 5. The van der Waals surface area contributed by atoms with Crippen molar-refractivity contribution >= 4 is 11.9 Å². The number of morpholine rings is 1. The van der Waals surface area contributed by atoms with E-state index >= 15 is 0 Å². The first-order valence-electron chi connectivity index (χ1n) is 7.26. The fraction of sp³-hybridized carbons (Fsp3) is 0.857. The van der Waals surface area contributed by atoms with E-state index in [-0.39, 0.29) is 30.1 Å². The molecule has 0 aromatic carbocycles. The Balaban J connectivity index is 1.92. The van der Waals surface area contributed by atoms with Crippen molar-refractivity contribution < 1.29 is 19.1 Å². The van der Waals surface area contributed by atoms with Crippen LogP contribution in [0.5, 0.6) is 0 Å². The maximum Gasteiger partial charge on any atom is 0.323 e. The highest BCUT2D eigenvalue weighted by molar-refractivity contribution is 5.81. The topological polar surface area (TPSA) is 59.1 Å². The van der Waals surface area contributed by atoms with Gasteiger partial charge in [0.25, 0.3) is 0 Å². The second-order valence-electron chi connectivity index (χ2n) is 5.71. The Hall–Kier alpha value is -1.14. The minimum Gasteiger partial charge on any atom is -0.468 e. The molecule has 114 valence electrons. The molecule has 0 spiro atoms. The normalized spacial score (nSPS) is 31.4. The number of ether oxygens (including phenoxy) is 2. The zero-order valence-electron chi connectivity index (χ0n) is 12.5. The largest absolute Gasteiger partial charge is 0.468 e. The highest BCUT2D eigenvalue weighted by Crippen LogP contribution is 2.19. The van der Waals surface area contributed by atoms with Crippen LogP contribution in [0.1, 0.15) is 26.7 Å². The predicted octanol–water partition coefficient (Wildman–Crippen LogP) is 0.260. The molecule has 0 N–H and O–H groups in total. The summed E-state index contributed by atoms with van der Waals surface area (Å²) in [6.45, 7) is 6.27. The first kappa shape index (κ1) is 15.3. The predicted molar refractivity (Wildman–Crippen MR) is 73.2 cm³/mol. The Bertz CT molecular complexity index is 364. The van der Waals surface area contributed by atoms with Crippen LogP contribution in [0.3, 0.4) is 0 Å². The van der Waals surface area contributed by atoms with E-state index in [2.05, 4.69) is 0 Å². The smallest absolute Gasteiger partial charge is 0.323 e. The van der Waals surface area contributed by atoms with Gasteiger partial charge in [-0.2, -0.15) is 0 Å². The van der Waals surface area contributed by atoms with Crippen LogP contribution in [0.15, 0.2) is 0 Å². The summed E-state index contributed by atoms with van der Waals surface area (Å²) in [5.41, 5.74) is 0. The van der Waals surface area contributed by atoms with E-state index in [0.717, 1.165) is 19.4 Å². The summed E-state index contributed by atoms with van der Waals surface area (Å²) in [5, 5.41) is 0. The first-order chi connectivity index (χ1) is 9.51. The lowest BCUT2D eigenvalue weighted by atomic mass is 10.2. The fourth-order valence-electron chi connectivity index (χ4n) is 3.07. The number of nitrogens with zero attached hydrogens (tertiary/aromatic N) is 2. The second kappa shape index (κ2) is 6.54. The molecule has 2 saturated heterocycles. The molecule has 2 rings (SSSR count). The summed E-state index contributed by atoms with van der Waals surface area (Å²) < 4.78 is 10.4. The lowest BCUT2D eigenvalue weighted by Crippen LogP contribution is -2.52. The molecular weight excluding hydrogens is 260 g/mol. The van der Waals surface area contributed by atoms with Gasteiger partial charge in [0.1, 0.15) is 6.04 Å². The molecule has 20 heavy (non-hydrogen) atoms. The van der Waals surface area contributed by atoms with Gasteiger partial charge in [0.2, 0.25) is 5.91 Å². The third kappa shape index (κ3) is 3.49. The van der Waals surface area contributed by atoms with Gasteiger partial charge in [-0.05, 0) is 33.2 Å². The molecule has 1 amide bonds. The van der Waals surface area contributed by atoms with Crippen molar-refractivity contribution in [3.63, 3.8) is 0 Å². The summed E-state index contributed by atoms with van der Waals surface area (Å²) in [4.78, 5) is 27.8. The van der Waals surface area contributed by atoms with Crippen LogP contribution < -0.4 is 0 Å². The summed E-state index contributed by atoms with van der Waals surface area (Å²) in [6.07, 6.45) is 1.84. The quantitative estimate of drug-likeness (QED) is 0.696. The van der Waals surface area contributed by atoms with Crippen LogP contribution in [0.2, 0.25) is 0 Å². The number of carbonyl (C=O) groups excluding carboxylic acids is 2. The summed E-state index contributed by atoms with van der Waals surface area (Å²) in [5.74, 6) is -0.165. The maximum absolute atomic E-state index is 12.4. The van der Waals surface area contributed by atoms with E-state index in [1.807, 2.05) is 23.6 Å². The minimum atomic E-state index is -0.264. The molecule has 0 bridgehead atoms. The lowest BCUT2D eigenvalue weighted by molar-refractivity contribution is -0.149. The molecule has 0 aromatic rings. The Morgan fingerprint density at radius 3 is 2.50 bits per heavy atom. The Morgan fingerprint density at radius 2 is 1.90 bits per heavy atom. The van der Waals surface area contributed by atoms with E-state index in [1.165, 1.54) is 7.11 Å². The van der Waals surface area contributed by atoms with Gasteiger partial charge in [0, 0.05) is 13.1 Å². The molecule has 2 aliphatic heterocycles. The monoisotopic (exact) mass is 284 g/mol. The molecule has 2 heterocycles. The lowest BCUT2D eigenvalue weighted by Gasteiger charge is -2.36. The van der Waals surface area contributed by atoms with Crippen molar-refractivity contribution in [2.45, 2.75) is 44.9 Å². The van der Waals surface area contributed by atoms with Gasteiger partial charge in [-0.3, -0.25) is 14.5 Å². The van der Waals surface area contributed by atoms with Gasteiger partial charge in [0.05, 0.1) is 25.9 Å². The maximum atomic E-state index is 12.4. The highest BCUT2D eigenvalue weighted by atomic mass is 16.5. The molecule has 2 aliphatic rings. The van der Waals surface area contributed by atoms with E-state index in [4.69, 9.17) is 9.47 Å². The third-order valence-electron chi connectivity index (χ3n) is 3.95. The van der Waals surface area contributed by atoms with E-state index < -0.39 is 0 Å². The molecule has 6 heteroatoms. The van der Waals surface area contributed by atoms with Crippen LogP contribution in [0.4, 0.5) is 0 Å². The average Bonchev–Trinajstić information content (AvgIpc) is 2.84. The third-order valence-corrected chi connectivity index (χ3v) is 3.95. The van der Waals surface area contributed by atoms with Crippen LogP contribution in [0.25, 0.3) is 0 Å². The number of rotatable bonds is 3. The highest BCUT2D eigenvalue weighted by Gasteiger charge is 2.34. The fourth-order valence-corrected chi connectivity index (χ4v) is 3.07. The van der Waals surface area contributed by atoms with Crippen molar-refractivity contribution in [3.05, 3.63) is 0 Å². The SMILES string of the molecule is COC(=O)C1CCCN1CC(=O)N1CC(C)OC(C)C1. The molecule has 3 atom stereocenters.